The molecule has 0 spiro atoms. The van der Waals surface area contributed by atoms with Crippen molar-refractivity contribution in [1.82, 2.24) is 10.0 Å². The van der Waals surface area contributed by atoms with Crippen LogP contribution in [0, 0.1) is 5.92 Å². The lowest BCUT2D eigenvalue weighted by molar-refractivity contribution is -0.137. The van der Waals surface area contributed by atoms with E-state index in [4.69, 9.17) is 0 Å². The molecule has 0 bridgehead atoms. The van der Waals surface area contributed by atoms with E-state index in [1.165, 1.54) is 5.56 Å². The van der Waals surface area contributed by atoms with Crippen LogP contribution in [0.2, 0.25) is 0 Å². The molecule has 2 fully saturated rings. The van der Waals surface area contributed by atoms with Crippen LogP contribution in [0.25, 0.3) is 0 Å². The molecule has 4 nitrogen and oxygen atoms in total. The fourth-order valence-electron chi connectivity index (χ4n) is 3.45. The minimum absolute atomic E-state index is 0.0888. The Bertz CT molecular complexity index is 486. The Hall–Kier alpha value is -1.39. The molecule has 2 saturated heterocycles. The van der Waals surface area contributed by atoms with Gasteiger partial charge in [0.2, 0.25) is 5.91 Å². The van der Waals surface area contributed by atoms with Gasteiger partial charge in [-0.25, -0.2) is 5.01 Å². The summed E-state index contributed by atoms with van der Waals surface area (Å²) in [6, 6.07) is 10.3. The molecule has 1 aromatic carbocycles. The number of aliphatic hydroxyl groups excluding tert-OH is 1. The number of benzene rings is 1. The SMILES string of the molecule is CC1(C)CC(=O)N2C[C@H](CO)[C@H](c3ccccc3)N21. The highest BCUT2D eigenvalue weighted by Crippen LogP contribution is 2.46. The lowest BCUT2D eigenvalue weighted by atomic mass is 9.90. The van der Waals surface area contributed by atoms with Gasteiger partial charge in [-0.15, -0.1) is 0 Å². The maximum absolute atomic E-state index is 12.1. The molecule has 102 valence electrons. The van der Waals surface area contributed by atoms with E-state index in [2.05, 4.69) is 31.0 Å². The summed E-state index contributed by atoms with van der Waals surface area (Å²) in [5.41, 5.74) is 0.994. The average Bonchev–Trinajstić information content (AvgIpc) is 2.88. The number of hydrogen-bond donors (Lipinski definition) is 1. The van der Waals surface area contributed by atoms with Gasteiger partial charge >= 0.3 is 0 Å². The highest BCUT2D eigenvalue weighted by Gasteiger charge is 2.54. The van der Waals surface area contributed by atoms with Crippen LogP contribution in [0.4, 0.5) is 0 Å². The fraction of sp³-hybridized carbons (Fsp3) is 0.533. The summed E-state index contributed by atoms with van der Waals surface area (Å²) in [4.78, 5) is 12.1. The zero-order chi connectivity index (χ0) is 13.6. The molecule has 2 heterocycles. The summed E-state index contributed by atoms with van der Waals surface area (Å²) in [5, 5.41) is 13.6. The van der Waals surface area contributed by atoms with Crippen molar-refractivity contribution in [3.8, 4) is 0 Å². The van der Waals surface area contributed by atoms with Gasteiger partial charge in [-0.3, -0.25) is 9.80 Å². The van der Waals surface area contributed by atoms with Crippen LogP contribution >= 0.6 is 0 Å². The molecule has 0 saturated carbocycles. The summed E-state index contributed by atoms with van der Waals surface area (Å²) >= 11 is 0. The molecule has 0 unspecified atom stereocenters. The Balaban J connectivity index is 2.03. The van der Waals surface area contributed by atoms with Crippen molar-refractivity contribution in [3.05, 3.63) is 35.9 Å². The highest BCUT2D eigenvalue weighted by atomic mass is 16.3. The van der Waals surface area contributed by atoms with Gasteiger partial charge in [0, 0.05) is 31.0 Å². The lowest BCUT2D eigenvalue weighted by Crippen LogP contribution is -2.44. The van der Waals surface area contributed by atoms with E-state index >= 15 is 0 Å². The van der Waals surface area contributed by atoms with Crippen LogP contribution in [0.3, 0.4) is 0 Å². The third kappa shape index (κ3) is 1.86. The Morgan fingerprint density at radius 1 is 1.32 bits per heavy atom. The predicted molar refractivity (Wildman–Crippen MR) is 72.0 cm³/mol. The Morgan fingerprint density at radius 2 is 2.00 bits per heavy atom. The molecule has 3 rings (SSSR count). The first-order valence-corrected chi connectivity index (χ1v) is 6.80. The second kappa shape index (κ2) is 4.32. The van der Waals surface area contributed by atoms with Gasteiger partial charge in [0.25, 0.3) is 0 Å². The number of carbonyl (C=O) groups is 1. The molecule has 2 aliphatic heterocycles. The molecule has 0 aromatic heterocycles. The van der Waals surface area contributed by atoms with Crippen molar-refractivity contribution in [1.29, 1.82) is 0 Å². The summed E-state index contributed by atoms with van der Waals surface area (Å²) in [7, 11) is 0. The van der Waals surface area contributed by atoms with E-state index in [0.717, 1.165) is 0 Å². The predicted octanol–water partition coefficient (Wildman–Crippen LogP) is 1.58. The topological polar surface area (TPSA) is 43.8 Å². The van der Waals surface area contributed by atoms with E-state index in [-0.39, 0.29) is 30.0 Å². The summed E-state index contributed by atoms with van der Waals surface area (Å²) in [5.74, 6) is 0.257. The highest BCUT2D eigenvalue weighted by molar-refractivity contribution is 5.79. The smallest absolute Gasteiger partial charge is 0.238 e. The number of amides is 1. The lowest BCUT2D eigenvalue weighted by Gasteiger charge is -2.36. The summed E-state index contributed by atoms with van der Waals surface area (Å²) in [6.07, 6.45) is 0.550. The summed E-state index contributed by atoms with van der Waals surface area (Å²) < 4.78 is 0. The van der Waals surface area contributed by atoms with E-state index in [0.29, 0.717) is 13.0 Å². The molecule has 2 atom stereocenters. The number of hydrazine groups is 1. The maximum atomic E-state index is 12.1. The quantitative estimate of drug-likeness (QED) is 0.878. The van der Waals surface area contributed by atoms with Crippen molar-refractivity contribution in [2.45, 2.75) is 31.8 Å². The maximum Gasteiger partial charge on any atom is 0.238 e. The van der Waals surface area contributed by atoms with Crippen LogP contribution in [0.1, 0.15) is 31.9 Å². The standard InChI is InChI=1S/C15H20N2O2/c1-15(2)8-13(19)16-9-12(10-18)14(17(15)16)11-6-4-3-5-7-11/h3-7,12,14,18H,8-10H2,1-2H3/t12-,14+/m1/s1. The largest absolute Gasteiger partial charge is 0.396 e. The first-order valence-electron chi connectivity index (χ1n) is 6.80. The van der Waals surface area contributed by atoms with Crippen LogP contribution < -0.4 is 0 Å². The van der Waals surface area contributed by atoms with Crippen LogP contribution in [-0.2, 0) is 4.79 Å². The van der Waals surface area contributed by atoms with Gasteiger partial charge in [-0.2, -0.15) is 0 Å². The monoisotopic (exact) mass is 260 g/mol. The Kier molecular flexibility index (Phi) is 2.87. The Morgan fingerprint density at radius 3 is 2.63 bits per heavy atom. The zero-order valence-corrected chi connectivity index (χ0v) is 11.4. The molecule has 19 heavy (non-hydrogen) atoms. The molecule has 1 N–H and O–H groups in total. The fourth-order valence-corrected chi connectivity index (χ4v) is 3.45. The van der Waals surface area contributed by atoms with Gasteiger partial charge in [-0.1, -0.05) is 30.3 Å². The van der Waals surface area contributed by atoms with Gasteiger partial charge in [-0.05, 0) is 19.4 Å². The average molecular weight is 260 g/mol. The minimum Gasteiger partial charge on any atom is -0.396 e. The van der Waals surface area contributed by atoms with Crippen molar-refractivity contribution >= 4 is 5.91 Å². The number of hydrogen-bond acceptors (Lipinski definition) is 3. The molecule has 1 aromatic rings. The number of fused-ring (bicyclic) bond motifs is 1. The molecule has 2 aliphatic rings. The minimum atomic E-state index is -0.179. The second-order valence-corrected chi connectivity index (χ2v) is 6.11. The van der Waals surface area contributed by atoms with Gasteiger partial charge < -0.3 is 5.11 Å². The molecule has 0 aliphatic carbocycles. The van der Waals surface area contributed by atoms with Crippen LogP contribution in [-0.4, -0.2) is 39.7 Å². The molecular weight excluding hydrogens is 240 g/mol. The van der Waals surface area contributed by atoms with E-state index < -0.39 is 0 Å². The van der Waals surface area contributed by atoms with E-state index in [1.807, 2.05) is 23.2 Å². The van der Waals surface area contributed by atoms with E-state index in [1.54, 1.807) is 0 Å². The van der Waals surface area contributed by atoms with Crippen molar-refractivity contribution < 1.29 is 9.90 Å². The molecule has 1 amide bonds. The van der Waals surface area contributed by atoms with Gasteiger partial charge in [0.15, 0.2) is 0 Å². The molecule has 0 radical (unpaired) electrons. The molecular formula is C15H20N2O2. The third-order valence-electron chi connectivity index (χ3n) is 4.25. The second-order valence-electron chi connectivity index (χ2n) is 6.11. The summed E-state index contributed by atoms with van der Waals surface area (Å²) in [6.45, 7) is 4.93. The third-order valence-corrected chi connectivity index (χ3v) is 4.25. The number of aliphatic hydroxyl groups is 1. The first-order chi connectivity index (χ1) is 9.04. The van der Waals surface area contributed by atoms with Crippen molar-refractivity contribution in [2.24, 2.45) is 5.92 Å². The van der Waals surface area contributed by atoms with Crippen LogP contribution in [0.15, 0.2) is 30.3 Å². The number of rotatable bonds is 2. The number of nitrogens with zero attached hydrogens (tertiary/aromatic N) is 2. The Labute approximate surface area is 113 Å². The van der Waals surface area contributed by atoms with Crippen molar-refractivity contribution in [2.75, 3.05) is 13.2 Å². The normalized spacial score (nSPS) is 29.8. The molecule has 4 heteroatoms. The zero-order valence-electron chi connectivity index (χ0n) is 11.4. The van der Waals surface area contributed by atoms with E-state index in [9.17, 15) is 9.90 Å². The van der Waals surface area contributed by atoms with Gasteiger partial charge in [0.05, 0.1) is 6.04 Å². The first kappa shape index (κ1) is 12.6. The van der Waals surface area contributed by atoms with Crippen molar-refractivity contribution in [3.63, 3.8) is 0 Å². The number of carbonyl (C=O) groups excluding carboxylic acids is 1. The van der Waals surface area contributed by atoms with Crippen LogP contribution in [0.5, 0.6) is 0 Å². The van der Waals surface area contributed by atoms with Gasteiger partial charge in [0.1, 0.15) is 0 Å².